The van der Waals surface area contributed by atoms with Gasteiger partial charge in [-0.15, -0.1) is 0 Å². The van der Waals surface area contributed by atoms with E-state index in [4.69, 9.17) is 4.74 Å². The largest absolute Gasteiger partial charge is 0.378 e. The van der Waals surface area contributed by atoms with E-state index >= 15 is 0 Å². The van der Waals surface area contributed by atoms with E-state index in [1.54, 1.807) is 0 Å². The standard InChI is InChI=1S/C23H26N4O2/c1-16(17-2-5-19(6-3-17)26-10-12-29-13-11-26)25-23(28)18-4-9-22-21(14-18)24-15-27(22)20-7-8-20/h2-6,9,14-16,20H,7-8,10-13H2,1H3,(H,25,28)/t16-/m1/s1. The average molecular weight is 390 g/mol. The van der Waals surface area contributed by atoms with Gasteiger partial charge in [-0.25, -0.2) is 4.98 Å². The van der Waals surface area contributed by atoms with Gasteiger partial charge in [0.05, 0.1) is 36.6 Å². The number of hydrogen-bond donors (Lipinski definition) is 1. The number of carbonyl (C=O) groups excluding carboxylic acids is 1. The Morgan fingerprint density at radius 1 is 1.14 bits per heavy atom. The van der Waals surface area contributed by atoms with Crippen molar-refractivity contribution in [2.75, 3.05) is 31.2 Å². The molecule has 1 N–H and O–H groups in total. The fourth-order valence-electron chi connectivity index (χ4n) is 3.98. The van der Waals surface area contributed by atoms with E-state index in [0.29, 0.717) is 11.6 Å². The van der Waals surface area contributed by atoms with Crippen LogP contribution >= 0.6 is 0 Å². The summed E-state index contributed by atoms with van der Waals surface area (Å²) < 4.78 is 7.63. The number of fused-ring (bicyclic) bond motifs is 1. The van der Waals surface area contributed by atoms with Crippen LogP contribution in [-0.4, -0.2) is 41.8 Å². The molecule has 0 radical (unpaired) electrons. The number of anilines is 1. The molecule has 3 aromatic rings. The maximum Gasteiger partial charge on any atom is 0.251 e. The third-order valence-electron chi connectivity index (χ3n) is 5.89. The average Bonchev–Trinajstić information content (AvgIpc) is 3.53. The van der Waals surface area contributed by atoms with Crippen LogP contribution in [0.4, 0.5) is 5.69 Å². The van der Waals surface area contributed by atoms with Gasteiger partial charge in [-0.3, -0.25) is 4.79 Å². The molecule has 2 aliphatic rings. The van der Waals surface area contributed by atoms with Gasteiger partial charge in [-0.1, -0.05) is 12.1 Å². The van der Waals surface area contributed by atoms with Gasteiger partial charge in [0, 0.05) is 30.4 Å². The highest BCUT2D eigenvalue weighted by atomic mass is 16.5. The first-order valence-electron chi connectivity index (χ1n) is 10.4. The molecule has 1 aliphatic carbocycles. The van der Waals surface area contributed by atoms with Gasteiger partial charge in [0.2, 0.25) is 0 Å². The van der Waals surface area contributed by atoms with Gasteiger partial charge in [-0.05, 0) is 55.7 Å². The number of ether oxygens (including phenoxy) is 1. The number of benzene rings is 2. The van der Waals surface area contributed by atoms with E-state index in [-0.39, 0.29) is 11.9 Å². The number of nitrogens with one attached hydrogen (secondary N) is 1. The minimum absolute atomic E-state index is 0.0686. The molecule has 0 unspecified atom stereocenters. The van der Waals surface area contributed by atoms with Crippen LogP contribution in [0.2, 0.25) is 0 Å². The SMILES string of the molecule is C[C@@H](NC(=O)c1ccc2c(c1)ncn2C1CC1)c1ccc(N2CCOCC2)cc1. The van der Waals surface area contributed by atoms with Crippen molar-refractivity contribution in [1.82, 2.24) is 14.9 Å². The Bertz CT molecular complexity index is 1020. The third-order valence-corrected chi connectivity index (χ3v) is 5.89. The minimum atomic E-state index is -0.0716. The summed E-state index contributed by atoms with van der Waals surface area (Å²) in [6, 6.07) is 14.7. The summed E-state index contributed by atoms with van der Waals surface area (Å²) in [7, 11) is 0. The lowest BCUT2D eigenvalue weighted by atomic mass is 10.1. The Kier molecular flexibility index (Phi) is 4.72. The summed E-state index contributed by atoms with van der Waals surface area (Å²) in [6.45, 7) is 5.41. The van der Waals surface area contributed by atoms with Crippen molar-refractivity contribution in [3.63, 3.8) is 0 Å². The summed E-state index contributed by atoms with van der Waals surface area (Å²) >= 11 is 0. The number of nitrogens with zero attached hydrogens (tertiary/aromatic N) is 3. The molecule has 1 saturated carbocycles. The Labute approximate surface area is 170 Å². The van der Waals surface area contributed by atoms with Crippen LogP contribution in [0.5, 0.6) is 0 Å². The predicted octanol–water partition coefficient (Wildman–Crippen LogP) is 3.70. The summed E-state index contributed by atoms with van der Waals surface area (Å²) in [5.74, 6) is -0.0716. The Morgan fingerprint density at radius 2 is 1.90 bits per heavy atom. The molecule has 0 spiro atoms. The zero-order chi connectivity index (χ0) is 19.8. The first kappa shape index (κ1) is 18.2. The molecule has 5 rings (SSSR count). The topological polar surface area (TPSA) is 59.4 Å². The molecule has 2 fully saturated rings. The molecule has 2 aromatic carbocycles. The zero-order valence-corrected chi connectivity index (χ0v) is 16.7. The maximum atomic E-state index is 12.8. The van der Waals surface area contributed by atoms with Crippen molar-refractivity contribution < 1.29 is 9.53 Å². The highest BCUT2D eigenvalue weighted by molar-refractivity contribution is 5.97. The van der Waals surface area contributed by atoms with Crippen LogP contribution in [0.1, 0.15) is 47.8 Å². The fourth-order valence-corrected chi connectivity index (χ4v) is 3.98. The number of aromatic nitrogens is 2. The molecule has 1 saturated heterocycles. The van der Waals surface area contributed by atoms with Gasteiger partial charge in [0.1, 0.15) is 0 Å². The summed E-state index contributed by atoms with van der Waals surface area (Å²) in [5, 5.41) is 3.11. The van der Waals surface area contributed by atoms with Gasteiger partial charge in [0.15, 0.2) is 0 Å². The Balaban J connectivity index is 1.26. The van der Waals surface area contributed by atoms with E-state index in [1.807, 2.05) is 31.5 Å². The van der Waals surface area contributed by atoms with Crippen molar-refractivity contribution in [3.8, 4) is 0 Å². The highest BCUT2D eigenvalue weighted by Gasteiger charge is 2.25. The predicted molar refractivity (Wildman–Crippen MR) is 113 cm³/mol. The zero-order valence-electron chi connectivity index (χ0n) is 16.7. The summed E-state index contributed by atoms with van der Waals surface area (Å²) in [5.41, 5.74) is 4.93. The van der Waals surface area contributed by atoms with Crippen molar-refractivity contribution >= 4 is 22.6 Å². The molecule has 0 bridgehead atoms. The molecule has 1 atom stereocenters. The smallest absolute Gasteiger partial charge is 0.251 e. The number of carbonyl (C=O) groups is 1. The van der Waals surface area contributed by atoms with Crippen LogP contribution < -0.4 is 10.2 Å². The molecular weight excluding hydrogens is 364 g/mol. The highest BCUT2D eigenvalue weighted by Crippen LogP contribution is 2.37. The number of rotatable bonds is 5. The maximum absolute atomic E-state index is 12.8. The van der Waals surface area contributed by atoms with Crippen LogP contribution in [0.15, 0.2) is 48.8 Å². The number of hydrogen-bond acceptors (Lipinski definition) is 4. The molecule has 150 valence electrons. The van der Waals surface area contributed by atoms with Crippen LogP contribution in [0.3, 0.4) is 0 Å². The first-order chi connectivity index (χ1) is 14.2. The first-order valence-corrected chi connectivity index (χ1v) is 10.4. The lowest BCUT2D eigenvalue weighted by Crippen LogP contribution is -2.36. The molecular formula is C23H26N4O2. The molecule has 1 aliphatic heterocycles. The van der Waals surface area contributed by atoms with Gasteiger partial charge < -0.3 is 19.5 Å². The second-order valence-electron chi connectivity index (χ2n) is 7.97. The van der Waals surface area contributed by atoms with E-state index in [9.17, 15) is 4.79 Å². The van der Waals surface area contributed by atoms with Crippen LogP contribution in [-0.2, 0) is 4.74 Å². The lowest BCUT2D eigenvalue weighted by molar-refractivity contribution is 0.0940. The third kappa shape index (κ3) is 3.72. The molecule has 1 amide bonds. The minimum Gasteiger partial charge on any atom is -0.378 e. The van der Waals surface area contributed by atoms with E-state index in [0.717, 1.165) is 42.9 Å². The number of morpholine rings is 1. The molecule has 6 nitrogen and oxygen atoms in total. The van der Waals surface area contributed by atoms with Crippen molar-refractivity contribution in [2.45, 2.75) is 31.8 Å². The van der Waals surface area contributed by atoms with Crippen molar-refractivity contribution in [2.24, 2.45) is 0 Å². The van der Waals surface area contributed by atoms with E-state index in [2.05, 4.69) is 44.0 Å². The second-order valence-corrected chi connectivity index (χ2v) is 7.97. The molecule has 29 heavy (non-hydrogen) atoms. The fraction of sp³-hybridized carbons (Fsp3) is 0.391. The van der Waals surface area contributed by atoms with E-state index in [1.165, 1.54) is 18.5 Å². The number of amides is 1. The summed E-state index contributed by atoms with van der Waals surface area (Å²) in [6.07, 6.45) is 4.33. The van der Waals surface area contributed by atoms with E-state index < -0.39 is 0 Å². The monoisotopic (exact) mass is 390 g/mol. The van der Waals surface area contributed by atoms with Crippen LogP contribution in [0.25, 0.3) is 11.0 Å². The molecule has 1 aromatic heterocycles. The normalized spacial score (nSPS) is 18.0. The lowest BCUT2D eigenvalue weighted by Gasteiger charge is -2.29. The summed E-state index contributed by atoms with van der Waals surface area (Å²) in [4.78, 5) is 19.6. The van der Waals surface area contributed by atoms with Crippen molar-refractivity contribution in [1.29, 1.82) is 0 Å². The second kappa shape index (κ2) is 7.52. The molecule has 2 heterocycles. The van der Waals surface area contributed by atoms with Crippen LogP contribution in [0, 0.1) is 0 Å². The quantitative estimate of drug-likeness (QED) is 0.722. The molecule has 6 heteroatoms. The van der Waals surface area contributed by atoms with Crippen molar-refractivity contribution in [3.05, 3.63) is 59.9 Å². The van der Waals surface area contributed by atoms with Gasteiger partial charge in [0.25, 0.3) is 5.91 Å². The van der Waals surface area contributed by atoms with Gasteiger partial charge >= 0.3 is 0 Å². The Morgan fingerprint density at radius 3 is 2.62 bits per heavy atom. The number of imidazole rings is 1. The van der Waals surface area contributed by atoms with Gasteiger partial charge in [-0.2, -0.15) is 0 Å². The Hall–Kier alpha value is -2.86.